The van der Waals surface area contributed by atoms with Crippen LogP contribution in [0.15, 0.2) is 22.7 Å². The van der Waals surface area contributed by atoms with Crippen LogP contribution in [0.5, 0.6) is 0 Å². The number of rotatable bonds is 3. The van der Waals surface area contributed by atoms with Crippen molar-refractivity contribution in [2.75, 3.05) is 10.7 Å². The van der Waals surface area contributed by atoms with Gasteiger partial charge in [-0.15, -0.1) is 0 Å². The Morgan fingerprint density at radius 2 is 2.28 bits per heavy atom. The van der Waals surface area contributed by atoms with E-state index in [1.165, 1.54) is 6.07 Å². The molecule has 0 bridgehead atoms. The van der Waals surface area contributed by atoms with E-state index in [2.05, 4.69) is 20.9 Å². The SMILES string of the molecule is Cc1noc(NC(=O)c2cc(Cl)ccc2NN)n1. The molecule has 18 heavy (non-hydrogen) atoms. The largest absolute Gasteiger partial charge is 0.328 e. The van der Waals surface area contributed by atoms with Crippen LogP contribution in [-0.2, 0) is 0 Å². The molecule has 1 aromatic heterocycles. The average Bonchev–Trinajstić information content (AvgIpc) is 2.74. The number of hydrogen-bond donors (Lipinski definition) is 3. The van der Waals surface area contributed by atoms with Gasteiger partial charge in [0.25, 0.3) is 5.91 Å². The zero-order valence-electron chi connectivity index (χ0n) is 9.40. The molecule has 7 nitrogen and oxygen atoms in total. The van der Waals surface area contributed by atoms with Crippen molar-refractivity contribution in [3.63, 3.8) is 0 Å². The molecule has 2 aromatic rings. The third kappa shape index (κ3) is 2.58. The zero-order chi connectivity index (χ0) is 13.1. The fraction of sp³-hybridized carbons (Fsp3) is 0.100. The molecule has 0 unspecified atom stereocenters. The molecule has 2 rings (SSSR count). The van der Waals surface area contributed by atoms with Crippen LogP contribution in [-0.4, -0.2) is 16.0 Å². The van der Waals surface area contributed by atoms with Gasteiger partial charge in [-0.05, 0) is 25.1 Å². The van der Waals surface area contributed by atoms with Gasteiger partial charge < -0.3 is 9.95 Å². The standard InChI is InChI=1S/C10H10ClN5O2/c1-5-13-10(18-16-5)14-9(17)7-4-6(11)2-3-8(7)15-12/h2-4,15H,12H2,1H3,(H,13,14,16,17). The average molecular weight is 268 g/mol. The first kappa shape index (κ1) is 12.3. The van der Waals surface area contributed by atoms with E-state index in [4.69, 9.17) is 22.0 Å². The number of carbonyl (C=O) groups is 1. The van der Waals surface area contributed by atoms with Crippen molar-refractivity contribution < 1.29 is 9.32 Å². The van der Waals surface area contributed by atoms with Crippen molar-refractivity contribution >= 4 is 29.2 Å². The molecular weight excluding hydrogens is 258 g/mol. The van der Waals surface area contributed by atoms with Crippen molar-refractivity contribution in [3.05, 3.63) is 34.6 Å². The van der Waals surface area contributed by atoms with Crippen LogP contribution < -0.4 is 16.6 Å². The van der Waals surface area contributed by atoms with Crippen molar-refractivity contribution in [1.82, 2.24) is 10.1 Å². The fourth-order valence-corrected chi connectivity index (χ4v) is 1.51. The predicted octanol–water partition coefficient (Wildman–Crippen LogP) is 1.57. The minimum absolute atomic E-state index is 0.0143. The Morgan fingerprint density at radius 3 is 2.89 bits per heavy atom. The normalized spacial score (nSPS) is 10.2. The third-order valence-corrected chi connectivity index (χ3v) is 2.36. The molecule has 8 heteroatoms. The first-order chi connectivity index (χ1) is 8.60. The van der Waals surface area contributed by atoms with E-state index in [-0.39, 0.29) is 11.6 Å². The summed E-state index contributed by atoms with van der Waals surface area (Å²) in [6, 6.07) is 4.70. The molecule has 0 atom stereocenters. The van der Waals surface area contributed by atoms with Gasteiger partial charge in [0.2, 0.25) is 0 Å². The number of benzene rings is 1. The van der Waals surface area contributed by atoms with Gasteiger partial charge in [0.05, 0.1) is 11.3 Å². The highest BCUT2D eigenvalue weighted by Gasteiger charge is 2.14. The molecule has 0 saturated carbocycles. The third-order valence-electron chi connectivity index (χ3n) is 2.13. The molecular formula is C10H10ClN5O2. The van der Waals surface area contributed by atoms with E-state index in [9.17, 15) is 4.79 Å². The van der Waals surface area contributed by atoms with Crippen LogP contribution in [0.25, 0.3) is 0 Å². The molecule has 1 heterocycles. The first-order valence-corrected chi connectivity index (χ1v) is 5.36. The lowest BCUT2D eigenvalue weighted by molar-refractivity contribution is 0.102. The van der Waals surface area contributed by atoms with Crippen LogP contribution in [0.2, 0.25) is 5.02 Å². The van der Waals surface area contributed by atoms with Crippen molar-refractivity contribution in [2.24, 2.45) is 5.84 Å². The number of halogens is 1. The predicted molar refractivity (Wildman–Crippen MR) is 66.3 cm³/mol. The topological polar surface area (TPSA) is 106 Å². The van der Waals surface area contributed by atoms with E-state index >= 15 is 0 Å². The van der Waals surface area contributed by atoms with Gasteiger partial charge in [-0.25, -0.2) is 0 Å². The zero-order valence-corrected chi connectivity index (χ0v) is 10.2. The number of nitrogens with two attached hydrogens (primary N) is 1. The molecule has 0 aliphatic heterocycles. The monoisotopic (exact) mass is 267 g/mol. The molecule has 94 valence electrons. The van der Waals surface area contributed by atoms with Crippen LogP contribution >= 0.6 is 11.6 Å². The van der Waals surface area contributed by atoms with Crippen molar-refractivity contribution in [3.8, 4) is 0 Å². The second-order valence-electron chi connectivity index (χ2n) is 3.44. The lowest BCUT2D eigenvalue weighted by Crippen LogP contribution is -2.17. The summed E-state index contributed by atoms with van der Waals surface area (Å²) >= 11 is 5.82. The Morgan fingerprint density at radius 1 is 1.50 bits per heavy atom. The number of aryl methyl sites for hydroxylation is 1. The minimum Gasteiger partial charge on any atom is -0.323 e. The summed E-state index contributed by atoms with van der Waals surface area (Å²) < 4.78 is 4.78. The minimum atomic E-state index is -0.450. The number of nitrogens with one attached hydrogen (secondary N) is 2. The second kappa shape index (κ2) is 5.03. The fourth-order valence-electron chi connectivity index (χ4n) is 1.34. The maximum Gasteiger partial charge on any atom is 0.328 e. The van der Waals surface area contributed by atoms with Crippen LogP contribution in [0.4, 0.5) is 11.7 Å². The lowest BCUT2D eigenvalue weighted by atomic mass is 10.1. The summed E-state index contributed by atoms with van der Waals surface area (Å²) in [7, 11) is 0. The molecule has 0 fully saturated rings. The highest BCUT2D eigenvalue weighted by atomic mass is 35.5. The molecule has 0 saturated heterocycles. The first-order valence-electron chi connectivity index (χ1n) is 4.98. The maximum absolute atomic E-state index is 12.0. The van der Waals surface area contributed by atoms with Crippen LogP contribution in [0, 0.1) is 6.92 Å². The number of nitrogens with zero attached hydrogens (tertiary/aromatic N) is 2. The summed E-state index contributed by atoms with van der Waals surface area (Å²) in [4.78, 5) is 15.8. The van der Waals surface area contributed by atoms with Gasteiger partial charge >= 0.3 is 6.01 Å². The van der Waals surface area contributed by atoms with Crippen molar-refractivity contribution in [2.45, 2.75) is 6.92 Å². The van der Waals surface area contributed by atoms with Crippen LogP contribution in [0.1, 0.15) is 16.2 Å². The van der Waals surface area contributed by atoms with E-state index in [1.54, 1.807) is 19.1 Å². The van der Waals surface area contributed by atoms with E-state index < -0.39 is 5.91 Å². The number of carbonyl (C=O) groups excluding carboxylic acids is 1. The summed E-state index contributed by atoms with van der Waals surface area (Å²) in [5.74, 6) is 5.29. The summed E-state index contributed by atoms with van der Waals surface area (Å²) in [5.41, 5.74) is 3.13. The molecule has 1 amide bonds. The Kier molecular flexibility index (Phi) is 3.45. The number of hydrogen-bond acceptors (Lipinski definition) is 6. The molecule has 0 radical (unpaired) electrons. The van der Waals surface area contributed by atoms with Crippen LogP contribution in [0.3, 0.4) is 0 Å². The Hall–Kier alpha value is -2.12. The number of amides is 1. The smallest absolute Gasteiger partial charge is 0.323 e. The Bertz CT molecular complexity index is 583. The number of nitrogen functional groups attached to an aromatic ring is 1. The quantitative estimate of drug-likeness (QED) is 0.576. The summed E-state index contributed by atoms with van der Waals surface area (Å²) in [6.07, 6.45) is 0. The second-order valence-corrected chi connectivity index (χ2v) is 3.87. The Labute approximate surface area is 107 Å². The molecule has 0 aliphatic carbocycles. The number of anilines is 2. The highest BCUT2D eigenvalue weighted by molar-refractivity contribution is 6.31. The van der Waals surface area contributed by atoms with E-state index in [0.717, 1.165) is 0 Å². The van der Waals surface area contributed by atoms with Gasteiger partial charge in [0.1, 0.15) is 0 Å². The molecule has 1 aromatic carbocycles. The molecule has 0 aliphatic rings. The van der Waals surface area contributed by atoms with Gasteiger partial charge in [-0.2, -0.15) is 4.98 Å². The highest BCUT2D eigenvalue weighted by Crippen LogP contribution is 2.20. The lowest BCUT2D eigenvalue weighted by Gasteiger charge is -2.07. The van der Waals surface area contributed by atoms with Gasteiger partial charge in [0.15, 0.2) is 5.82 Å². The maximum atomic E-state index is 12.0. The van der Waals surface area contributed by atoms with E-state index in [1.807, 2.05) is 0 Å². The number of aromatic nitrogens is 2. The van der Waals surface area contributed by atoms with Gasteiger partial charge in [-0.3, -0.25) is 16.0 Å². The van der Waals surface area contributed by atoms with E-state index in [0.29, 0.717) is 16.5 Å². The molecule has 0 spiro atoms. The summed E-state index contributed by atoms with van der Waals surface area (Å²) in [6.45, 7) is 1.64. The van der Waals surface area contributed by atoms with Gasteiger partial charge in [-0.1, -0.05) is 16.8 Å². The molecule has 4 N–H and O–H groups in total. The van der Waals surface area contributed by atoms with Gasteiger partial charge in [0, 0.05) is 5.02 Å². The summed E-state index contributed by atoms with van der Waals surface area (Å²) in [5, 5.41) is 6.42. The van der Waals surface area contributed by atoms with Crippen molar-refractivity contribution in [1.29, 1.82) is 0 Å². The number of hydrazine groups is 1. The Balaban J connectivity index is 2.25.